The Balaban J connectivity index is 1.51. The average molecular weight is 385 g/mol. The van der Waals surface area contributed by atoms with Crippen molar-refractivity contribution in [2.24, 2.45) is 10.9 Å². The quantitative estimate of drug-likeness (QED) is 0.564. The van der Waals surface area contributed by atoms with Crippen LogP contribution >= 0.6 is 0 Å². The molecule has 3 rings (SSSR count). The van der Waals surface area contributed by atoms with Crippen molar-refractivity contribution >= 4 is 5.96 Å². The van der Waals surface area contributed by atoms with Crippen molar-refractivity contribution in [1.82, 2.24) is 25.3 Å². The number of aromatic nitrogens is 2. The Bertz CT molecular complexity index is 736. The van der Waals surface area contributed by atoms with Crippen molar-refractivity contribution in [3.05, 3.63) is 48.3 Å². The van der Waals surface area contributed by atoms with E-state index in [4.69, 9.17) is 4.74 Å². The van der Waals surface area contributed by atoms with Gasteiger partial charge in [-0.05, 0) is 18.1 Å². The second kappa shape index (κ2) is 10.2. The summed E-state index contributed by atoms with van der Waals surface area (Å²) in [6, 6.07) is 10.6. The molecule has 0 bridgehead atoms. The highest BCUT2D eigenvalue weighted by Crippen LogP contribution is 2.12. The molecule has 1 fully saturated rings. The first-order valence-electron chi connectivity index (χ1n) is 10.0. The van der Waals surface area contributed by atoms with Gasteiger partial charge in [-0.15, -0.1) is 0 Å². The third-order valence-corrected chi connectivity index (χ3v) is 5.10. The van der Waals surface area contributed by atoms with Gasteiger partial charge in [-0.25, -0.2) is 4.68 Å². The lowest BCUT2D eigenvalue weighted by Gasteiger charge is -2.37. The molecule has 28 heavy (non-hydrogen) atoms. The fourth-order valence-electron chi connectivity index (χ4n) is 3.48. The van der Waals surface area contributed by atoms with Gasteiger partial charge in [0.1, 0.15) is 0 Å². The van der Waals surface area contributed by atoms with Crippen LogP contribution in [0.15, 0.2) is 47.7 Å². The maximum absolute atomic E-state index is 5.49. The van der Waals surface area contributed by atoms with Crippen LogP contribution in [-0.4, -0.2) is 66.6 Å². The number of morpholine rings is 1. The number of rotatable bonds is 7. The van der Waals surface area contributed by atoms with E-state index < -0.39 is 0 Å². The fraction of sp³-hybridized carbons (Fsp3) is 0.524. The minimum atomic E-state index is 0.461. The van der Waals surface area contributed by atoms with E-state index in [1.807, 2.05) is 54.5 Å². The maximum Gasteiger partial charge on any atom is 0.191 e. The summed E-state index contributed by atoms with van der Waals surface area (Å²) >= 11 is 0. The Morgan fingerprint density at radius 3 is 2.61 bits per heavy atom. The molecule has 0 amide bonds. The Morgan fingerprint density at radius 2 is 1.93 bits per heavy atom. The molecule has 1 aliphatic rings. The molecular weight excluding hydrogens is 352 g/mol. The molecule has 1 aliphatic heterocycles. The van der Waals surface area contributed by atoms with Crippen molar-refractivity contribution in [1.29, 1.82) is 0 Å². The number of nitrogens with zero attached hydrogens (tertiary/aromatic N) is 4. The van der Waals surface area contributed by atoms with E-state index in [2.05, 4.69) is 39.5 Å². The highest BCUT2D eigenvalue weighted by atomic mass is 16.5. The van der Waals surface area contributed by atoms with Crippen molar-refractivity contribution in [3.8, 4) is 5.69 Å². The van der Waals surface area contributed by atoms with Gasteiger partial charge in [-0.2, -0.15) is 5.10 Å². The number of hydrogen-bond acceptors (Lipinski definition) is 4. The molecule has 1 atom stereocenters. The topological polar surface area (TPSA) is 66.7 Å². The van der Waals surface area contributed by atoms with Crippen LogP contribution in [0, 0.1) is 5.92 Å². The molecule has 2 aromatic rings. The Hall–Kier alpha value is -2.38. The van der Waals surface area contributed by atoms with E-state index in [1.54, 1.807) is 0 Å². The number of guanidine groups is 1. The molecule has 1 aromatic carbocycles. The van der Waals surface area contributed by atoms with E-state index in [-0.39, 0.29) is 0 Å². The third kappa shape index (κ3) is 5.56. The Labute approximate surface area is 167 Å². The van der Waals surface area contributed by atoms with Crippen molar-refractivity contribution < 1.29 is 4.74 Å². The molecule has 2 N–H and O–H groups in total. The predicted octanol–water partition coefficient (Wildman–Crippen LogP) is 1.89. The Kier molecular flexibility index (Phi) is 7.45. The van der Waals surface area contributed by atoms with E-state index in [0.717, 1.165) is 50.1 Å². The summed E-state index contributed by atoms with van der Waals surface area (Å²) < 4.78 is 7.38. The van der Waals surface area contributed by atoms with Crippen LogP contribution in [0.2, 0.25) is 0 Å². The van der Waals surface area contributed by atoms with Crippen molar-refractivity contribution in [3.63, 3.8) is 0 Å². The first kappa shape index (κ1) is 20.4. The van der Waals surface area contributed by atoms with Crippen LogP contribution in [0.3, 0.4) is 0 Å². The van der Waals surface area contributed by atoms with E-state index >= 15 is 0 Å². The van der Waals surface area contributed by atoms with Gasteiger partial charge < -0.3 is 15.4 Å². The molecule has 1 saturated heterocycles. The molecular formula is C21H32N6O. The lowest BCUT2D eigenvalue weighted by Crippen LogP contribution is -2.52. The van der Waals surface area contributed by atoms with Gasteiger partial charge in [0.2, 0.25) is 0 Å². The van der Waals surface area contributed by atoms with E-state index in [0.29, 0.717) is 18.5 Å². The smallest absolute Gasteiger partial charge is 0.191 e. The largest absolute Gasteiger partial charge is 0.379 e. The minimum absolute atomic E-state index is 0.461. The predicted molar refractivity (Wildman–Crippen MR) is 113 cm³/mol. The summed E-state index contributed by atoms with van der Waals surface area (Å²) in [5, 5.41) is 11.3. The summed E-state index contributed by atoms with van der Waals surface area (Å²) in [5.41, 5.74) is 2.17. The zero-order chi connectivity index (χ0) is 19.8. The number of benzene rings is 1. The Morgan fingerprint density at radius 1 is 1.18 bits per heavy atom. The molecule has 7 nitrogen and oxygen atoms in total. The van der Waals surface area contributed by atoms with E-state index in [1.165, 1.54) is 0 Å². The van der Waals surface area contributed by atoms with Crippen LogP contribution in [0.25, 0.3) is 5.69 Å². The number of ether oxygens (including phenoxy) is 1. The minimum Gasteiger partial charge on any atom is -0.379 e. The van der Waals surface area contributed by atoms with Gasteiger partial charge in [-0.3, -0.25) is 9.89 Å². The first-order chi connectivity index (χ1) is 13.7. The van der Waals surface area contributed by atoms with Crippen LogP contribution in [0.4, 0.5) is 0 Å². The summed E-state index contributed by atoms with van der Waals surface area (Å²) in [6.07, 6.45) is 3.93. The number of hydrogen-bond donors (Lipinski definition) is 2. The van der Waals surface area contributed by atoms with Crippen molar-refractivity contribution in [2.75, 3.05) is 39.9 Å². The third-order valence-electron chi connectivity index (χ3n) is 5.10. The second-order valence-electron chi connectivity index (χ2n) is 7.40. The number of para-hydroxylation sites is 1. The zero-order valence-corrected chi connectivity index (χ0v) is 17.1. The molecule has 0 aliphatic carbocycles. The monoisotopic (exact) mass is 384 g/mol. The molecule has 0 spiro atoms. The summed E-state index contributed by atoms with van der Waals surface area (Å²) in [5.74, 6) is 1.37. The molecule has 2 heterocycles. The SMILES string of the molecule is CN=C(NCc1cnn(-c2ccccc2)c1)NCC(C(C)C)N1CCOCC1. The summed E-state index contributed by atoms with van der Waals surface area (Å²) in [4.78, 5) is 6.88. The average Bonchev–Trinajstić information content (AvgIpc) is 3.21. The van der Waals surface area contributed by atoms with E-state index in [9.17, 15) is 0 Å². The maximum atomic E-state index is 5.49. The normalized spacial score (nSPS) is 16.9. The van der Waals surface area contributed by atoms with Gasteiger partial charge in [0, 0.05) is 51.0 Å². The molecule has 0 saturated carbocycles. The van der Waals surface area contributed by atoms with Gasteiger partial charge in [-0.1, -0.05) is 32.0 Å². The number of aliphatic imine (C=N–C) groups is 1. The zero-order valence-electron chi connectivity index (χ0n) is 17.1. The second-order valence-corrected chi connectivity index (χ2v) is 7.40. The van der Waals surface area contributed by atoms with Gasteiger partial charge in [0.15, 0.2) is 5.96 Å². The lowest BCUT2D eigenvalue weighted by molar-refractivity contribution is 0.00752. The van der Waals surface area contributed by atoms with Gasteiger partial charge in [0.25, 0.3) is 0 Å². The van der Waals surface area contributed by atoms with Gasteiger partial charge in [0.05, 0.1) is 25.1 Å². The molecule has 152 valence electrons. The molecule has 1 unspecified atom stereocenters. The first-order valence-corrected chi connectivity index (χ1v) is 10.0. The highest BCUT2D eigenvalue weighted by Gasteiger charge is 2.23. The van der Waals surface area contributed by atoms with Crippen LogP contribution < -0.4 is 10.6 Å². The fourth-order valence-corrected chi connectivity index (χ4v) is 3.48. The van der Waals surface area contributed by atoms with Crippen LogP contribution in [0.5, 0.6) is 0 Å². The molecule has 0 radical (unpaired) electrons. The lowest BCUT2D eigenvalue weighted by atomic mass is 10.0. The number of nitrogens with one attached hydrogen (secondary N) is 2. The van der Waals surface area contributed by atoms with Crippen LogP contribution in [0.1, 0.15) is 19.4 Å². The highest BCUT2D eigenvalue weighted by molar-refractivity contribution is 5.79. The molecule has 1 aromatic heterocycles. The van der Waals surface area contributed by atoms with Crippen molar-refractivity contribution in [2.45, 2.75) is 26.4 Å². The summed E-state index contributed by atoms with van der Waals surface area (Å²) in [6.45, 7) is 9.72. The van der Waals surface area contributed by atoms with Gasteiger partial charge >= 0.3 is 0 Å². The van der Waals surface area contributed by atoms with Crippen LogP contribution in [-0.2, 0) is 11.3 Å². The standard InChI is InChI=1S/C21H32N6O/c1-17(2)20(26-9-11-28-12-10-26)15-24-21(22-3)23-13-18-14-25-27(16-18)19-7-5-4-6-8-19/h4-8,14,16-17,20H,9-13,15H2,1-3H3,(H2,22,23,24). The summed E-state index contributed by atoms with van der Waals surface area (Å²) in [7, 11) is 1.81. The molecule has 7 heteroatoms.